The maximum Gasteiger partial charge on any atom is 0.253 e. The summed E-state index contributed by atoms with van der Waals surface area (Å²) in [6.07, 6.45) is 4.20. The minimum absolute atomic E-state index is 0.108. The zero-order valence-corrected chi connectivity index (χ0v) is 13.4. The second-order valence-electron chi connectivity index (χ2n) is 5.61. The van der Waals surface area contributed by atoms with Gasteiger partial charge >= 0.3 is 0 Å². The number of nitrogens with zero attached hydrogens (tertiary/aromatic N) is 1. The molecule has 0 radical (unpaired) electrons. The maximum absolute atomic E-state index is 12.6. The summed E-state index contributed by atoms with van der Waals surface area (Å²) in [5, 5.41) is 0. The van der Waals surface area contributed by atoms with E-state index >= 15 is 0 Å². The third-order valence-corrected chi connectivity index (χ3v) is 4.10. The van der Waals surface area contributed by atoms with Gasteiger partial charge in [-0.1, -0.05) is 13.0 Å². The summed E-state index contributed by atoms with van der Waals surface area (Å²) >= 11 is 5.83. The van der Waals surface area contributed by atoms with Crippen molar-refractivity contribution < 1.29 is 9.53 Å². The molecular weight excluding hydrogens is 286 g/mol. The van der Waals surface area contributed by atoms with Crippen molar-refractivity contribution in [1.29, 1.82) is 0 Å². The topological polar surface area (TPSA) is 29.5 Å². The lowest BCUT2D eigenvalue weighted by atomic mass is 9.95. The van der Waals surface area contributed by atoms with Gasteiger partial charge in [-0.3, -0.25) is 4.79 Å². The lowest BCUT2D eigenvalue weighted by Crippen LogP contribution is -2.40. The van der Waals surface area contributed by atoms with Gasteiger partial charge in [-0.2, -0.15) is 0 Å². The summed E-state index contributed by atoms with van der Waals surface area (Å²) in [5.74, 6) is 2.10. The van der Waals surface area contributed by atoms with E-state index in [-0.39, 0.29) is 5.91 Å². The lowest BCUT2D eigenvalue weighted by Gasteiger charge is -2.32. The molecule has 4 heteroatoms. The smallest absolute Gasteiger partial charge is 0.253 e. The lowest BCUT2D eigenvalue weighted by molar-refractivity contribution is 0.0671. The van der Waals surface area contributed by atoms with E-state index in [1.807, 2.05) is 29.2 Å². The predicted octanol–water partition coefficient (Wildman–Crippen LogP) is 3.96. The number of amides is 1. The molecule has 0 aliphatic carbocycles. The zero-order valence-electron chi connectivity index (χ0n) is 12.7. The van der Waals surface area contributed by atoms with Crippen LogP contribution in [0.5, 0.6) is 5.75 Å². The first-order valence-corrected chi connectivity index (χ1v) is 8.36. The summed E-state index contributed by atoms with van der Waals surface area (Å²) in [5.41, 5.74) is 0.718. The Bertz CT molecular complexity index is 462. The minimum Gasteiger partial charge on any atom is -0.494 e. The van der Waals surface area contributed by atoms with Crippen molar-refractivity contribution in [3.8, 4) is 5.75 Å². The van der Waals surface area contributed by atoms with E-state index in [4.69, 9.17) is 16.3 Å². The molecule has 116 valence electrons. The Hall–Kier alpha value is -1.22. The van der Waals surface area contributed by atoms with E-state index in [1.54, 1.807) is 0 Å². The summed E-state index contributed by atoms with van der Waals surface area (Å²) in [7, 11) is 0. The molecule has 0 bridgehead atoms. The second kappa shape index (κ2) is 8.28. The van der Waals surface area contributed by atoms with Crippen LogP contribution in [0.25, 0.3) is 0 Å². The van der Waals surface area contributed by atoms with E-state index < -0.39 is 0 Å². The number of hydrogen-bond donors (Lipinski definition) is 0. The van der Waals surface area contributed by atoms with Crippen molar-refractivity contribution in [2.75, 3.05) is 25.6 Å². The van der Waals surface area contributed by atoms with E-state index in [2.05, 4.69) is 6.92 Å². The highest BCUT2D eigenvalue weighted by molar-refractivity contribution is 6.17. The monoisotopic (exact) mass is 309 g/mol. The Morgan fingerprint density at radius 3 is 3.10 bits per heavy atom. The van der Waals surface area contributed by atoms with Gasteiger partial charge in [0.2, 0.25) is 0 Å². The Morgan fingerprint density at radius 1 is 1.48 bits per heavy atom. The van der Waals surface area contributed by atoms with Gasteiger partial charge in [0.15, 0.2) is 0 Å². The van der Waals surface area contributed by atoms with Crippen molar-refractivity contribution in [2.45, 2.75) is 32.6 Å². The third kappa shape index (κ3) is 4.63. The van der Waals surface area contributed by atoms with Crippen LogP contribution >= 0.6 is 11.6 Å². The Labute approximate surface area is 132 Å². The van der Waals surface area contributed by atoms with Crippen LogP contribution in [0.2, 0.25) is 0 Å². The van der Waals surface area contributed by atoms with Crippen LogP contribution in [0.15, 0.2) is 24.3 Å². The van der Waals surface area contributed by atoms with Crippen LogP contribution < -0.4 is 4.74 Å². The van der Waals surface area contributed by atoms with Gasteiger partial charge in [-0.25, -0.2) is 0 Å². The summed E-state index contributed by atoms with van der Waals surface area (Å²) in [4.78, 5) is 14.6. The average Bonchev–Trinajstić information content (AvgIpc) is 2.53. The second-order valence-corrected chi connectivity index (χ2v) is 5.99. The molecule has 0 spiro atoms. The van der Waals surface area contributed by atoms with E-state index in [9.17, 15) is 4.79 Å². The van der Waals surface area contributed by atoms with Crippen LogP contribution in [0.4, 0.5) is 0 Å². The summed E-state index contributed by atoms with van der Waals surface area (Å²) < 4.78 is 5.60. The van der Waals surface area contributed by atoms with Crippen molar-refractivity contribution >= 4 is 17.5 Å². The quantitative estimate of drug-likeness (QED) is 0.744. The molecular formula is C17H24ClNO2. The van der Waals surface area contributed by atoms with Crippen molar-refractivity contribution in [1.82, 2.24) is 4.90 Å². The number of ether oxygens (including phenoxy) is 1. The molecule has 1 aromatic rings. The molecule has 1 fully saturated rings. The molecule has 0 aromatic heterocycles. The fraction of sp³-hybridized carbons (Fsp3) is 0.588. The van der Waals surface area contributed by atoms with Gasteiger partial charge in [0, 0.05) is 24.5 Å². The number of hydrogen-bond acceptors (Lipinski definition) is 2. The van der Waals surface area contributed by atoms with E-state index in [0.717, 1.165) is 43.7 Å². The molecule has 1 aliphatic rings. The molecule has 1 saturated heterocycles. The molecule has 1 heterocycles. The SMILES string of the molecule is CCCOc1cccc(C(=O)N2CCCC(CCCl)C2)c1. The highest BCUT2D eigenvalue weighted by atomic mass is 35.5. The first kappa shape index (κ1) is 16.2. The maximum atomic E-state index is 12.6. The number of benzene rings is 1. The number of carbonyl (C=O) groups excluding carboxylic acids is 1. The molecule has 1 amide bonds. The number of carbonyl (C=O) groups is 1. The number of alkyl halides is 1. The van der Waals surface area contributed by atoms with Crippen LogP contribution in [-0.4, -0.2) is 36.4 Å². The molecule has 3 nitrogen and oxygen atoms in total. The zero-order chi connectivity index (χ0) is 15.1. The standard InChI is InChI=1S/C17H24ClNO2/c1-2-11-21-16-7-3-6-15(12-16)17(20)19-10-4-5-14(13-19)8-9-18/h3,6-7,12,14H,2,4-5,8-11,13H2,1H3. The van der Waals surface area contributed by atoms with Gasteiger partial charge < -0.3 is 9.64 Å². The fourth-order valence-corrected chi connectivity index (χ4v) is 3.07. The van der Waals surface area contributed by atoms with Crippen molar-refractivity contribution in [2.24, 2.45) is 5.92 Å². The highest BCUT2D eigenvalue weighted by Crippen LogP contribution is 2.23. The summed E-state index contributed by atoms with van der Waals surface area (Å²) in [6, 6.07) is 7.51. The number of likely N-dealkylation sites (tertiary alicyclic amines) is 1. The molecule has 1 atom stereocenters. The van der Waals surface area contributed by atoms with Crippen LogP contribution in [0, 0.1) is 5.92 Å². The van der Waals surface area contributed by atoms with Crippen LogP contribution in [0.3, 0.4) is 0 Å². The van der Waals surface area contributed by atoms with Crippen LogP contribution in [0.1, 0.15) is 43.0 Å². The predicted molar refractivity (Wildman–Crippen MR) is 86.2 cm³/mol. The van der Waals surface area contributed by atoms with Gasteiger partial charge in [0.1, 0.15) is 5.75 Å². The summed E-state index contributed by atoms with van der Waals surface area (Å²) in [6.45, 7) is 4.42. The third-order valence-electron chi connectivity index (χ3n) is 3.88. The van der Waals surface area contributed by atoms with Crippen molar-refractivity contribution in [3.05, 3.63) is 29.8 Å². The molecule has 1 aliphatic heterocycles. The van der Waals surface area contributed by atoms with Crippen molar-refractivity contribution in [3.63, 3.8) is 0 Å². The van der Waals surface area contributed by atoms with Gasteiger partial charge in [0.25, 0.3) is 5.91 Å². The molecule has 0 saturated carbocycles. The Kier molecular flexibility index (Phi) is 6.37. The first-order chi connectivity index (χ1) is 10.2. The number of piperidine rings is 1. The van der Waals surface area contributed by atoms with Gasteiger partial charge in [-0.15, -0.1) is 11.6 Å². The molecule has 1 unspecified atom stereocenters. The normalized spacial score (nSPS) is 18.6. The largest absolute Gasteiger partial charge is 0.494 e. The molecule has 0 N–H and O–H groups in total. The van der Waals surface area contributed by atoms with Gasteiger partial charge in [-0.05, 0) is 49.8 Å². The molecule has 2 rings (SSSR count). The number of halogens is 1. The number of rotatable bonds is 6. The first-order valence-electron chi connectivity index (χ1n) is 7.82. The van der Waals surface area contributed by atoms with E-state index in [0.29, 0.717) is 18.4 Å². The van der Waals surface area contributed by atoms with E-state index in [1.165, 1.54) is 6.42 Å². The minimum atomic E-state index is 0.108. The molecule has 1 aromatic carbocycles. The highest BCUT2D eigenvalue weighted by Gasteiger charge is 2.24. The van der Waals surface area contributed by atoms with Crippen LogP contribution in [-0.2, 0) is 0 Å². The molecule has 21 heavy (non-hydrogen) atoms. The average molecular weight is 310 g/mol. The Morgan fingerprint density at radius 2 is 2.33 bits per heavy atom. The fourth-order valence-electron chi connectivity index (χ4n) is 2.76. The van der Waals surface area contributed by atoms with Gasteiger partial charge in [0.05, 0.1) is 6.61 Å². The Balaban J connectivity index is 2.01.